The second-order valence-electron chi connectivity index (χ2n) is 7.24. The molecule has 0 aliphatic carbocycles. The van der Waals surface area contributed by atoms with E-state index in [9.17, 15) is 9.90 Å². The molecule has 9 nitrogen and oxygen atoms in total. The summed E-state index contributed by atoms with van der Waals surface area (Å²) in [5, 5.41) is 24.4. The van der Waals surface area contributed by atoms with Gasteiger partial charge in [0.25, 0.3) is 12.4 Å². The number of pyridine rings is 1. The van der Waals surface area contributed by atoms with Gasteiger partial charge in [-0.3, -0.25) is 14.7 Å². The Morgan fingerprint density at radius 2 is 2.14 bits per heavy atom. The molecule has 0 saturated carbocycles. The van der Waals surface area contributed by atoms with Gasteiger partial charge in [-0.25, -0.2) is 4.98 Å². The van der Waals surface area contributed by atoms with Gasteiger partial charge in [0.1, 0.15) is 11.5 Å². The lowest BCUT2D eigenvalue weighted by atomic mass is 10.0. The van der Waals surface area contributed by atoms with Crippen LogP contribution in [-0.4, -0.2) is 75.5 Å². The maximum absolute atomic E-state index is 12.8. The van der Waals surface area contributed by atoms with E-state index in [0.717, 1.165) is 30.2 Å². The van der Waals surface area contributed by atoms with Crippen LogP contribution in [0.1, 0.15) is 27.4 Å². The highest BCUT2D eigenvalue weighted by atomic mass is 16.3. The number of fused-ring (bicyclic) bond motifs is 1. The second-order valence-corrected chi connectivity index (χ2v) is 7.24. The number of carbonyl (C=O) groups excluding carboxylic acids is 1. The molecule has 150 valence electrons. The van der Waals surface area contributed by atoms with Gasteiger partial charge in [-0.15, -0.1) is 0 Å². The van der Waals surface area contributed by atoms with E-state index >= 15 is 0 Å². The minimum atomic E-state index is -0.530. The number of aliphatic hydroxyl groups is 1. The summed E-state index contributed by atoms with van der Waals surface area (Å²) in [4.78, 5) is 29.5. The third kappa shape index (κ3) is 4.14. The summed E-state index contributed by atoms with van der Waals surface area (Å²) in [6.45, 7) is 3.52. The molecule has 1 fully saturated rings. The monoisotopic (exact) mass is 387 g/mol. The normalized spacial score (nSPS) is 20.5. The number of β-amino-alcohol motifs (C(OH)–C–C–N with tert-alkyl or cyclic N) is 1. The van der Waals surface area contributed by atoms with Crippen molar-refractivity contribution in [2.75, 3.05) is 31.6 Å². The molecule has 4 rings (SSSR count). The number of rotatable bonds is 3. The van der Waals surface area contributed by atoms with Gasteiger partial charge in [-0.05, 0) is 37.5 Å². The van der Waals surface area contributed by atoms with Gasteiger partial charge in [0, 0.05) is 38.3 Å². The van der Waals surface area contributed by atoms with Crippen molar-refractivity contribution in [3.05, 3.63) is 40.8 Å². The highest BCUT2D eigenvalue weighted by molar-refractivity contribution is 5.93. The minimum Gasteiger partial charge on any atom is -0.483 e. The zero-order valence-electron chi connectivity index (χ0n) is 16.0. The summed E-state index contributed by atoms with van der Waals surface area (Å²) in [5.41, 5.74) is 3.57. The summed E-state index contributed by atoms with van der Waals surface area (Å²) >= 11 is 0. The quantitative estimate of drug-likeness (QED) is 0.655. The molecule has 9 heteroatoms. The van der Waals surface area contributed by atoms with Crippen LogP contribution in [0.2, 0.25) is 0 Å². The first-order valence-corrected chi connectivity index (χ1v) is 9.20. The van der Waals surface area contributed by atoms with Crippen molar-refractivity contribution in [1.29, 1.82) is 0 Å². The number of carboxylic acid groups (broad SMARTS) is 1. The van der Waals surface area contributed by atoms with Crippen LogP contribution < -0.4 is 4.90 Å². The van der Waals surface area contributed by atoms with Crippen LogP contribution in [-0.2, 0) is 17.6 Å². The molecule has 4 heterocycles. The summed E-state index contributed by atoms with van der Waals surface area (Å²) in [6, 6.07) is 5.78. The number of aromatic nitrogens is 3. The summed E-state index contributed by atoms with van der Waals surface area (Å²) in [5.74, 6) is 0.792. The molecule has 1 amide bonds. The molecule has 3 N–H and O–H groups in total. The molecule has 2 aliphatic rings. The topological polar surface area (TPSA) is 123 Å². The Balaban J connectivity index is 0.000000706. The lowest BCUT2D eigenvalue weighted by molar-refractivity contribution is -0.122. The number of hydrogen-bond acceptors (Lipinski definition) is 6. The Morgan fingerprint density at radius 3 is 2.82 bits per heavy atom. The average Bonchev–Trinajstić information content (AvgIpc) is 3.35. The Kier molecular flexibility index (Phi) is 5.93. The number of amides is 1. The number of nitrogens with zero attached hydrogens (tertiary/aromatic N) is 4. The smallest absolute Gasteiger partial charge is 0.290 e. The van der Waals surface area contributed by atoms with Crippen molar-refractivity contribution in [3.8, 4) is 0 Å². The summed E-state index contributed by atoms with van der Waals surface area (Å²) < 4.78 is 0. The molecule has 2 atom stereocenters. The molecular formula is C19H25N5O4. The number of aromatic amines is 1. The summed E-state index contributed by atoms with van der Waals surface area (Å²) in [7, 11) is 1.99. The van der Waals surface area contributed by atoms with Crippen molar-refractivity contribution in [3.63, 3.8) is 0 Å². The van der Waals surface area contributed by atoms with E-state index in [-0.39, 0.29) is 18.3 Å². The molecule has 0 bridgehead atoms. The SMILES string of the molecule is Cc1cc(C[C@@H]2CN(C(=O)c3ccc4c(n3)N(C)CC4)C[C@@H]2O)n[nH]1.O=CO. The zero-order chi connectivity index (χ0) is 20.3. The molecule has 1 saturated heterocycles. The number of nitrogens with one attached hydrogen (secondary N) is 1. The lowest BCUT2D eigenvalue weighted by Gasteiger charge is -2.17. The number of likely N-dealkylation sites (N-methyl/N-ethyl adjacent to an activating group) is 1. The van der Waals surface area contributed by atoms with Crippen molar-refractivity contribution in [2.24, 2.45) is 5.92 Å². The first-order valence-electron chi connectivity index (χ1n) is 9.20. The minimum absolute atomic E-state index is 0.00347. The number of carbonyl (C=O) groups is 2. The molecule has 0 aromatic carbocycles. The standard InChI is InChI=1S/C18H23N5O2.CH2O2/c1-11-7-14(21-20-11)8-13-9-23(10-16(13)24)18(25)15-4-3-12-5-6-22(2)17(12)19-15;2-1-3/h3-4,7,13,16,24H,5-6,8-10H2,1-2H3,(H,20,21);1H,(H,2,3)/t13-,16+;/m1./s1. The first kappa shape index (κ1) is 19.8. The number of anilines is 1. The van der Waals surface area contributed by atoms with E-state index in [2.05, 4.69) is 20.1 Å². The first-order chi connectivity index (χ1) is 13.4. The Bertz CT molecular complexity index is 853. The molecule has 0 radical (unpaired) electrons. The highest BCUT2D eigenvalue weighted by Crippen LogP contribution is 2.26. The number of H-pyrrole nitrogens is 1. The maximum atomic E-state index is 12.8. The van der Waals surface area contributed by atoms with Crippen LogP contribution in [0.4, 0.5) is 5.82 Å². The average molecular weight is 387 g/mol. The van der Waals surface area contributed by atoms with Gasteiger partial charge in [0.2, 0.25) is 0 Å². The van der Waals surface area contributed by atoms with Crippen LogP contribution in [0.25, 0.3) is 0 Å². The molecule has 0 spiro atoms. The van der Waals surface area contributed by atoms with E-state index in [1.165, 1.54) is 5.56 Å². The molecule has 2 aliphatic heterocycles. The number of aliphatic hydroxyl groups excluding tert-OH is 1. The fourth-order valence-corrected chi connectivity index (χ4v) is 3.75. The van der Waals surface area contributed by atoms with Crippen molar-refractivity contribution in [2.45, 2.75) is 25.9 Å². The van der Waals surface area contributed by atoms with Crippen LogP contribution in [0.3, 0.4) is 0 Å². The molecule has 28 heavy (non-hydrogen) atoms. The van der Waals surface area contributed by atoms with Gasteiger partial charge in [-0.2, -0.15) is 5.10 Å². The van der Waals surface area contributed by atoms with Crippen LogP contribution in [0.5, 0.6) is 0 Å². The van der Waals surface area contributed by atoms with E-state index in [4.69, 9.17) is 9.90 Å². The van der Waals surface area contributed by atoms with Crippen molar-refractivity contribution < 1.29 is 19.8 Å². The molecule has 2 aromatic rings. The Labute approximate surface area is 163 Å². The predicted octanol–water partition coefficient (Wildman–Crippen LogP) is 0.482. The van der Waals surface area contributed by atoms with Gasteiger partial charge in [0.15, 0.2) is 0 Å². The predicted molar refractivity (Wildman–Crippen MR) is 102 cm³/mol. The van der Waals surface area contributed by atoms with E-state index < -0.39 is 6.10 Å². The summed E-state index contributed by atoms with van der Waals surface area (Å²) in [6.07, 6.45) is 1.11. The van der Waals surface area contributed by atoms with Gasteiger partial charge >= 0.3 is 0 Å². The van der Waals surface area contributed by atoms with Gasteiger partial charge < -0.3 is 20.0 Å². The molecule has 0 unspecified atom stereocenters. The lowest BCUT2D eigenvalue weighted by Crippen LogP contribution is -2.30. The van der Waals surface area contributed by atoms with Gasteiger partial charge in [-0.1, -0.05) is 6.07 Å². The Morgan fingerprint density at radius 1 is 1.39 bits per heavy atom. The van der Waals surface area contributed by atoms with E-state index in [0.29, 0.717) is 25.2 Å². The van der Waals surface area contributed by atoms with E-state index in [1.54, 1.807) is 11.0 Å². The second kappa shape index (κ2) is 8.39. The number of aryl methyl sites for hydroxylation is 1. The van der Waals surface area contributed by atoms with Crippen LogP contribution >= 0.6 is 0 Å². The van der Waals surface area contributed by atoms with E-state index in [1.807, 2.05) is 26.1 Å². The van der Waals surface area contributed by atoms with Crippen LogP contribution in [0, 0.1) is 12.8 Å². The third-order valence-electron chi connectivity index (χ3n) is 5.18. The number of hydrogen-bond donors (Lipinski definition) is 3. The zero-order valence-corrected chi connectivity index (χ0v) is 16.0. The highest BCUT2D eigenvalue weighted by Gasteiger charge is 2.35. The van der Waals surface area contributed by atoms with Crippen molar-refractivity contribution in [1.82, 2.24) is 20.1 Å². The fourth-order valence-electron chi connectivity index (χ4n) is 3.75. The van der Waals surface area contributed by atoms with Gasteiger partial charge in [0.05, 0.1) is 11.8 Å². The largest absolute Gasteiger partial charge is 0.483 e. The van der Waals surface area contributed by atoms with Crippen LogP contribution in [0.15, 0.2) is 18.2 Å². The fraction of sp³-hybridized carbons (Fsp3) is 0.474. The third-order valence-corrected chi connectivity index (χ3v) is 5.18. The Hall–Kier alpha value is -2.94. The van der Waals surface area contributed by atoms with Crippen molar-refractivity contribution >= 4 is 18.2 Å². The molecular weight excluding hydrogens is 362 g/mol. The number of likely N-dealkylation sites (tertiary alicyclic amines) is 1. The molecule has 2 aromatic heterocycles. The maximum Gasteiger partial charge on any atom is 0.290 e.